The van der Waals surface area contributed by atoms with Crippen LogP contribution >= 0.6 is 15.9 Å². The van der Waals surface area contributed by atoms with E-state index in [2.05, 4.69) is 25.8 Å². The molecule has 2 N–H and O–H groups in total. The summed E-state index contributed by atoms with van der Waals surface area (Å²) in [4.78, 5) is 0.0929. The van der Waals surface area contributed by atoms with Crippen molar-refractivity contribution < 1.29 is 13.5 Å². The molecular formula is C11H12BrN3O3S. The number of aromatic nitrogens is 2. The Morgan fingerprint density at radius 2 is 2.16 bits per heavy atom. The third-order valence-corrected chi connectivity index (χ3v) is 4.75. The molecule has 19 heavy (non-hydrogen) atoms. The highest BCUT2D eigenvalue weighted by atomic mass is 79.9. The highest BCUT2D eigenvalue weighted by molar-refractivity contribution is 9.10. The molecular weight excluding hydrogens is 334 g/mol. The van der Waals surface area contributed by atoms with Gasteiger partial charge < -0.3 is 5.11 Å². The van der Waals surface area contributed by atoms with Crippen LogP contribution in [0.4, 0.5) is 5.82 Å². The molecule has 0 aliphatic heterocycles. The maximum atomic E-state index is 12.2. The van der Waals surface area contributed by atoms with Gasteiger partial charge in [0.25, 0.3) is 10.0 Å². The summed E-state index contributed by atoms with van der Waals surface area (Å²) < 4.78 is 28.6. The zero-order valence-electron chi connectivity index (χ0n) is 10.0. The Kier molecular flexibility index (Phi) is 3.93. The minimum absolute atomic E-state index is 0.0929. The number of halogens is 1. The number of anilines is 1. The van der Waals surface area contributed by atoms with Gasteiger partial charge in [-0.15, -0.1) is 0 Å². The van der Waals surface area contributed by atoms with Gasteiger partial charge in [-0.2, -0.15) is 5.10 Å². The normalized spacial score (nSPS) is 11.5. The molecule has 0 spiro atoms. The Morgan fingerprint density at radius 3 is 2.68 bits per heavy atom. The number of hydrogen-bond donors (Lipinski definition) is 2. The molecule has 0 aliphatic carbocycles. The van der Waals surface area contributed by atoms with Crippen molar-refractivity contribution in [2.75, 3.05) is 4.72 Å². The van der Waals surface area contributed by atoms with Crippen LogP contribution in [-0.4, -0.2) is 23.3 Å². The third-order valence-electron chi connectivity index (χ3n) is 2.42. The summed E-state index contributed by atoms with van der Waals surface area (Å²) in [5, 5.41) is 13.0. The maximum Gasteiger partial charge on any atom is 0.264 e. The van der Waals surface area contributed by atoms with Crippen LogP contribution < -0.4 is 4.72 Å². The molecule has 0 saturated heterocycles. The van der Waals surface area contributed by atoms with E-state index in [1.54, 1.807) is 31.4 Å². The Hall–Kier alpha value is -1.38. The van der Waals surface area contributed by atoms with Crippen molar-refractivity contribution in [1.29, 1.82) is 0 Å². The molecule has 1 aromatic carbocycles. The van der Waals surface area contributed by atoms with Crippen molar-refractivity contribution in [3.05, 3.63) is 40.5 Å². The van der Waals surface area contributed by atoms with Crippen molar-refractivity contribution in [3.63, 3.8) is 0 Å². The molecule has 0 fully saturated rings. The number of aliphatic hydroxyl groups excluding tert-OH is 1. The lowest BCUT2D eigenvalue weighted by Crippen LogP contribution is -2.14. The van der Waals surface area contributed by atoms with E-state index in [-0.39, 0.29) is 17.3 Å². The Balaban J connectivity index is 2.34. The van der Waals surface area contributed by atoms with Crippen LogP contribution in [-0.2, 0) is 23.7 Å². The first-order valence-electron chi connectivity index (χ1n) is 5.34. The quantitative estimate of drug-likeness (QED) is 0.878. The second-order valence-corrected chi connectivity index (χ2v) is 6.41. The summed E-state index contributed by atoms with van der Waals surface area (Å²) in [6, 6.07) is 6.11. The van der Waals surface area contributed by atoms with E-state index in [0.29, 0.717) is 10.0 Å². The SMILES string of the molecule is Cn1ccc(NS(=O)(=O)c2ccc(CO)cc2Br)n1. The molecule has 0 aliphatic rings. The van der Waals surface area contributed by atoms with Gasteiger partial charge in [-0.05, 0) is 33.6 Å². The van der Waals surface area contributed by atoms with Crippen molar-refractivity contribution >= 4 is 31.8 Å². The summed E-state index contributed by atoms with van der Waals surface area (Å²) in [6.45, 7) is -0.146. The van der Waals surface area contributed by atoms with Gasteiger partial charge in [0.15, 0.2) is 5.82 Å². The molecule has 6 nitrogen and oxygen atoms in total. The van der Waals surface area contributed by atoms with E-state index >= 15 is 0 Å². The molecule has 0 bridgehead atoms. The maximum absolute atomic E-state index is 12.2. The van der Waals surface area contributed by atoms with E-state index < -0.39 is 10.0 Å². The van der Waals surface area contributed by atoms with Crippen molar-refractivity contribution in [2.45, 2.75) is 11.5 Å². The molecule has 1 heterocycles. The fourth-order valence-electron chi connectivity index (χ4n) is 1.52. The Labute approximate surface area is 119 Å². The molecule has 2 aromatic rings. The minimum Gasteiger partial charge on any atom is -0.392 e. The number of nitrogens with zero attached hydrogens (tertiary/aromatic N) is 2. The van der Waals surface area contributed by atoms with Gasteiger partial charge in [0.05, 0.1) is 6.61 Å². The number of benzene rings is 1. The number of rotatable bonds is 4. The highest BCUT2D eigenvalue weighted by Gasteiger charge is 2.18. The Morgan fingerprint density at radius 1 is 1.42 bits per heavy atom. The van der Waals surface area contributed by atoms with Crippen LogP contribution in [0.3, 0.4) is 0 Å². The summed E-state index contributed by atoms with van der Waals surface area (Å²) in [5.41, 5.74) is 0.628. The summed E-state index contributed by atoms with van der Waals surface area (Å²) >= 11 is 3.19. The minimum atomic E-state index is -3.71. The number of aliphatic hydroxyl groups is 1. The van der Waals surface area contributed by atoms with Gasteiger partial charge in [0, 0.05) is 23.8 Å². The van der Waals surface area contributed by atoms with Crippen molar-refractivity contribution in [3.8, 4) is 0 Å². The lowest BCUT2D eigenvalue weighted by molar-refractivity contribution is 0.281. The standard InChI is InChI=1S/C11H12BrN3O3S/c1-15-5-4-11(13-15)14-19(17,18)10-3-2-8(7-16)6-9(10)12/h2-6,16H,7H2,1H3,(H,13,14). The largest absolute Gasteiger partial charge is 0.392 e. The predicted molar refractivity (Wildman–Crippen MR) is 74.1 cm³/mol. The van der Waals surface area contributed by atoms with Crippen LogP contribution in [0.15, 0.2) is 39.8 Å². The van der Waals surface area contributed by atoms with Crippen molar-refractivity contribution in [1.82, 2.24) is 9.78 Å². The Bertz CT molecular complexity index is 697. The zero-order valence-corrected chi connectivity index (χ0v) is 12.4. The molecule has 102 valence electrons. The average Bonchev–Trinajstić information content (AvgIpc) is 2.73. The lowest BCUT2D eigenvalue weighted by Gasteiger charge is -2.08. The van der Waals surface area contributed by atoms with Gasteiger partial charge in [-0.3, -0.25) is 9.40 Å². The van der Waals surface area contributed by atoms with E-state index in [4.69, 9.17) is 5.11 Å². The zero-order chi connectivity index (χ0) is 14.0. The van der Waals surface area contributed by atoms with E-state index in [0.717, 1.165) is 0 Å². The second kappa shape index (κ2) is 5.32. The molecule has 0 saturated carbocycles. The van der Waals surface area contributed by atoms with E-state index in [1.807, 2.05) is 0 Å². The van der Waals surface area contributed by atoms with Crippen LogP contribution in [0.2, 0.25) is 0 Å². The summed E-state index contributed by atoms with van der Waals surface area (Å²) in [6.07, 6.45) is 1.64. The molecule has 1 aromatic heterocycles. The monoisotopic (exact) mass is 345 g/mol. The summed E-state index contributed by atoms with van der Waals surface area (Å²) in [7, 11) is -2.01. The molecule has 0 unspecified atom stereocenters. The topological polar surface area (TPSA) is 84.2 Å². The number of nitrogens with one attached hydrogen (secondary N) is 1. The fourth-order valence-corrected chi connectivity index (χ4v) is 3.65. The first-order valence-corrected chi connectivity index (χ1v) is 7.62. The molecule has 2 rings (SSSR count). The first kappa shape index (κ1) is 14.0. The molecule has 0 atom stereocenters. The highest BCUT2D eigenvalue weighted by Crippen LogP contribution is 2.25. The van der Waals surface area contributed by atoms with Crippen molar-refractivity contribution in [2.24, 2.45) is 7.05 Å². The van der Waals surface area contributed by atoms with Crippen LogP contribution in [0.5, 0.6) is 0 Å². The molecule has 0 amide bonds. The first-order chi connectivity index (χ1) is 8.92. The average molecular weight is 346 g/mol. The van der Waals surface area contributed by atoms with Gasteiger partial charge >= 0.3 is 0 Å². The van der Waals surface area contributed by atoms with Gasteiger partial charge in [0.2, 0.25) is 0 Å². The van der Waals surface area contributed by atoms with Gasteiger partial charge in [0.1, 0.15) is 4.90 Å². The fraction of sp³-hybridized carbons (Fsp3) is 0.182. The second-order valence-electron chi connectivity index (χ2n) is 3.90. The smallest absolute Gasteiger partial charge is 0.264 e. The number of sulfonamides is 1. The number of hydrogen-bond acceptors (Lipinski definition) is 4. The van der Waals surface area contributed by atoms with Gasteiger partial charge in [-0.25, -0.2) is 8.42 Å². The number of aryl methyl sites for hydroxylation is 1. The lowest BCUT2D eigenvalue weighted by atomic mass is 10.2. The van der Waals surface area contributed by atoms with Gasteiger partial charge in [-0.1, -0.05) is 6.07 Å². The molecule has 0 radical (unpaired) electrons. The predicted octanol–water partition coefficient (Wildman–Crippen LogP) is 1.48. The third kappa shape index (κ3) is 3.14. The van der Waals surface area contributed by atoms with E-state index in [9.17, 15) is 8.42 Å². The van der Waals surface area contributed by atoms with E-state index in [1.165, 1.54) is 10.7 Å². The van der Waals surface area contributed by atoms with Crippen LogP contribution in [0.25, 0.3) is 0 Å². The molecule has 8 heteroatoms. The van der Waals surface area contributed by atoms with Crippen LogP contribution in [0.1, 0.15) is 5.56 Å². The summed E-state index contributed by atoms with van der Waals surface area (Å²) in [5.74, 6) is 0.251. The van der Waals surface area contributed by atoms with Crippen LogP contribution in [0, 0.1) is 0 Å².